The van der Waals surface area contributed by atoms with Crippen LogP contribution in [0.1, 0.15) is 18.1 Å². The van der Waals surface area contributed by atoms with Crippen molar-refractivity contribution in [2.24, 2.45) is 23.3 Å². The zero-order valence-corrected chi connectivity index (χ0v) is 18.1. The molecule has 3 unspecified atom stereocenters. The topological polar surface area (TPSA) is 87.1 Å². The maximum atomic E-state index is 13.4. The van der Waals surface area contributed by atoms with Crippen LogP contribution in [0, 0.1) is 17.7 Å². The first-order valence-electron chi connectivity index (χ1n) is 9.44. The Morgan fingerprint density at radius 2 is 1.70 bits per heavy atom. The van der Waals surface area contributed by atoms with E-state index in [0.717, 1.165) is 10.5 Å². The molecule has 0 aliphatic carbocycles. The number of nitrogens with two attached hydrogens (primary N) is 2. The lowest BCUT2D eigenvalue weighted by molar-refractivity contribution is 0.563. The average Bonchev–Trinajstić information content (AvgIpc) is 2.75. The van der Waals surface area contributed by atoms with Gasteiger partial charge in [-0.05, 0) is 83.0 Å². The highest BCUT2D eigenvalue weighted by Gasteiger charge is 2.21. The zero-order chi connectivity index (χ0) is 22.3. The van der Waals surface area contributed by atoms with Gasteiger partial charge in [-0.2, -0.15) is 0 Å². The van der Waals surface area contributed by atoms with E-state index in [0.29, 0.717) is 22.7 Å². The summed E-state index contributed by atoms with van der Waals surface area (Å²) >= 11 is -1.06. The van der Waals surface area contributed by atoms with E-state index in [9.17, 15) is 8.94 Å². The fourth-order valence-corrected chi connectivity index (χ4v) is 3.52. The monoisotopic (exact) mass is 425 g/mol. The number of benzene rings is 2. The first-order valence-corrected chi connectivity index (χ1v) is 11.0. The summed E-state index contributed by atoms with van der Waals surface area (Å²) in [5.41, 5.74) is 15.5. The fraction of sp³-hybridized carbons (Fsp3) is 0.167. The molecule has 0 bridgehead atoms. The van der Waals surface area contributed by atoms with E-state index in [1.807, 2.05) is 31.2 Å². The summed E-state index contributed by atoms with van der Waals surface area (Å²) in [7, 11) is 0. The maximum absolute atomic E-state index is 13.4. The van der Waals surface area contributed by atoms with Crippen LogP contribution in [0.2, 0.25) is 0 Å². The van der Waals surface area contributed by atoms with Gasteiger partial charge in [0.05, 0.1) is 5.70 Å². The maximum Gasteiger partial charge on any atom is 0.152 e. The van der Waals surface area contributed by atoms with Crippen LogP contribution in [-0.4, -0.2) is 10.8 Å². The van der Waals surface area contributed by atoms with Crippen LogP contribution in [0.5, 0.6) is 0 Å². The minimum atomic E-state index is -1.06. The van der Waals surface area contributed by atoms with Crippen molar-refractivity contribution in [1.82, 2.24) is 5.32 Å². The smallest absolute Gasteiger partial charge is 0.152 e. The third-order valence-corrected chi connectivity index (χ3v) is 5.79. The summed E-state index contributed by atoms with van der Waals surface area (Å²) in [4.78, 5) is 0.734. The Kier molecular flexibility index (Phi) is 8.33. The predicted octanol–water partition coefficient (Wildman–Crippen LogP) is 4.36. The highest BCUT2D eigenvalue weighted by atomic mass is 32.2. The van der Waals surface area contributed by atoms with Gasteiger partial charge in [-0.1, -0.05) is 25.7 Å². The number of allylic oxidation sites excluding steroid dienone is 2. The van der Waals surface area contributed by atoms with Gasteiger partial charge in [0.15, 0.2) is 4.90 Å². The molecule has 158 valence electrons. The lowest BCUT2D eigenvalue weighted by atomic mass is 9.88. The predicted molar refractivity (Wildman–Crippen MR) is 125 cm³/mol. The highest BCUT2D eigenvalue weighted by Crippen LogP contribution is 2.28. The second-order valence-corrected chi connectivity index (χ2v) is 8.30. The van der Waals surface area contributed by atoms with Crippen molar-refractivity contribution in [2.45, 2.75) is 11.8 Å². The molecule has 30 heavy (non-hydrogen) atoms. The second-order valence-electron chi connectivity index (χ2n) is 6.92. The number of hydrogen-bond acceptors (Lipinski definition) is 4. The number of halogens is 1. The normalized spacial score (nSPS) is 15.2. The fourth-order valence-electron chi connectivity index (χ4n) is 3.00. The second kappa shape index (κ2) is 10.7. The summed E-state index contributed by atoms with van der Waals surface area (Å²) in [5.74, 6) is -0.516. The Morgan fingerprint density at radius 1 is 1.13 bits per heavy atom. The SMILES string of the molecule is C=CC(C)C(/C=C\N)/C(NC(=C)c1ccc([S+](C)[O-])cc1)=C(/N)c1ccc(F)cc1. The molecular weight excluding hydrogens is 397 g/mol. The minimum absolute atomic E-state index is 0.0176. The van der Waals surface area contributed by atoms with Crippen molar-refractivity contribution in [3.05, 3.63) is 103 Å². The molecule has 0 heterocycles. The molecule has 0 radical (unpaired) electrons. The molecule has 0 aliphatic heterocycles. The molecule has 2 aromatic rings. The molecule has 0 fully saturated rings. The summed E-state index contributed by atoms with van der Waals surface area (Å²) in [6.07, 6.45) is 6.76. The van der Waals surface area contributed by atoms with E-state index in [1.54, 1.807) is 30.5 Å². The zero-order valence-electron chi connectivity index (χ0n) is 17.3. The van der Waals surface area contributed by atoms with Gasteiger partial charge < -0.3 is 21.3 Å². The van der Waals surface area contributed by atoms with E-state index in [2.05, 4.69) is 18.5 Å². The van der Waals surface area contributed by atoms with Crippen molar-refractivity contribution in [3.63, 3.8) is 0 Å². The van der Waals surface area contributed by atoms with Crippen molar-refractivity contribution in [3.8, 4) is 0 Å². The quantitative estimate of drug-likeness (QED) is 0.411. The van der Waals surface area contributed by atoms with Crippen molar-refractivity contribution >= 4 is 22.6 Å². The van der Waals surface area contributed by atoms with Crippen LogP contribution in [0.15, 0.2) is 90.6 Å². The van der Waals surface area contributed by atoms with Crippen molar-refractivity contribution in [1.29, 1.82) is 0 Å². The largest absolute Gasteiger partial charge is 0.612 e. The molecule has 0 aliphatic rings. The molecule has 0 spiro atoms. The van der Waals surface area contributed by atoms with Gasteiger partial charge in [-0.25, -0.2) is 4.39 Å². The van der Waals surface area contributed by atoms with E-state index in [1.165, 1.54) is 18.3 Å². The van der Waals surface area contributed by atoms with E-state index in [4.69, 9.17) is 11.5 Å². The molecule has 0 aromatic heterocycles. The summed E-state index contributed by atoms with van der Waals surface area (Å²) in [6.45, 7) is 10.0. The van der Waals surface area contributed by atoms with Gasteiger partial charge in [0.2, 0.25) is 0 Å². The molecule has 4 nitrogen and oxygen atoms in total. The molecule has 2 aromatic carbocycles. The standard InChI is InChI=1S/C24H28FN3OS/c1-5-16(2)22(14-15-26)24(23(27)19-6-10-20(25)11-7-19)28-17(3)18-8-12-21(13-9-18)30(4)29/h5-16,22,28H,1,3,26-27H2,2,4H3/b15-14-,24-23-. The van der Waals surface area contributed by atoms with Gasteiger partial charge in [-0.3, -0.25) is 0 Å². The average molecular weight is 426 g/mol. The van der Waals surface area contributed by atoms with Gasteiger partial charge in [0, 0.05) is 17.3 Å². The lowest BCUT2D eigenvalue weighted by Gasteiger charge is -2.26. The Balaban J connectivity index is 2.49. The Hall–Kier alpha value is -2.96. The van der Waals surface area contributed by atoms with Crippen molar-refractivity contribution in [2.75, 3.05) is 6.26 Å². The number of nitrogens with one attached hydrogen (secondary N) is 1. The summed E-state index contributed by atoms with van der Waals surface area (Å²) < 4.78 is 25.0. The third kappa shape index (κ3) is 5.78. The van der Waals surface area contributed by atoms with Crippen LogP contribution >= 0.6 is 0 Å². The van der Waals surface area contributed by atoms with E-state index >= 15 is 0 Å². The Morgan fingerprint density at radius 3 is 2.20 bits per heavy atom. The molecule has 3 atom stereocenters. The molecule has 0 saturated heterocycles. The number of hydrogen-bond donors (Lipinski definition) is 3. The van der Waals surface area contributed by atoms with Crippen LogP contribution in [0.4, 0.5) is 4.39 Å². The molecule has 5 N–H and O–H groups in total. The Labute approximate surface area is 181 Å². The molecule has 6 heteroatoms. The van der Waals surface area contributed by atoms with Gasteiger partial charge in [-0.15, -0.1) is 6.58 Å². The lowest BCUT2D eigenvalue weighted by Crippen LogP contribution is -2.26. The van der Waals surface area contributed by atoms with Crippen LogP contribution in [-0.2, 0) is 11.2 Å². The van der Waals surface area contributed by atoms with Crippen LogP contribution in [0.25, 0.3) is 11.4 Å². The van der Waals surface area contributed by atoms with Crippen molar-refractivity contribution < 1.29 is 8.94 Å². The van der Waals surface area contributed by atoms with E-state index < -0.39 is 11.2 Å². The first kappa shape index (κ1) is 23.3. The van der Waals surface area contributed by atoms with Gasteiger partial charge >= 0.3 is 0 Å². The highest BCUT2D eigenvalue weighted by molar-refractivity contribution is 7.90. The van der Waals surface area contributed by atoms with Gasteiger partial charge in [0.1, 0.15) is 12.1 Å². The minimum Gasteiger partial charge on any atom is -0.612 e. The van der Waals surface area contributed by atoms with E-state index in [-0.39, 0.29) is 17.7 Å². The third-order valence-electron chi connectivity index (χ3n) is 4.86. The molecule has 2 rings (SSSR count). The summed E-state index contributed by atoms with van der Waals surface area (Å²) in [5, 5.41) is 3.33. The summed E-state index contributed by atoms with van der Waals surface area (Å²) in [6, 6.07) is 13.3. The Bertz CT molecular complexity index is 934. The van der Waals surface area contributed by atoms with Crippen LogP contribution < -0.4 is 16.8 Å². The van der Waals surface area contributed by atoms with Gasteiger partial charge in [0.25, 0.3) is 0 Å². The number of rotatable bonds is 9. The molecular formula is C24H28FN3OS. The molecule has 0 saturated carbocycles. The molecule has 0 amide bonds. The first-order chi connectivity index (χ1) is 14.3. The van der Waals surface area contributed by atoms with Crippen LogP contribution in [0.3, 0.4) is 0 Å².